The van der Waals surface area contributed by atoms with Crippen LogP contribution in [0, 0.1) is 5.92 Å². The minimum atomic E-state index is 0.209. The Hall–Kier alpha value is -2.20. The second-order valence-electron chi connectivity index (χ2n) is 8.90. The molecule has 1 aliphatic rings. The highest BCUT2D eigenvalue weighted by molar-refractivity contribution is 5.42. The summed E-state index contributed by atoms with van der Waals surface area (Å²) < 4.78 is 16.6. The van der Waals surface area contributed by atoms with Crippen LogP contribution in [0.1, 0.15) is 69.4 Å². The molecule has 2 aromatic rings. The highest BCUT2D eigenvalue weighted by atomic mass is 16.5. The first-order chi connectivity index (χ1) is 15.1. The number of hydrogen-bond donors (Lipinski definition) is 1. The van der Waals surface area contributed by atoms with Gasteiger partial charge in [0.1, 0.15) is 5.75 Å². The molecule has 1 atom stereocenters. The zero-order valence-corrected chi connectivity index (χ0v) is 19.7. The van der Waals surface area contributed by atoms with Gasteiger partial charge in [0.2, 0.25) is 0 Å². The number of nitrogens with one attached hydrogen (secondary N) is 1. The van der Waals surface area contributed by atoms with Crippen molar-refractivity contribution in [2.24, 2.45) is 5.92 Å². The minimum absolute atomic E-state index is 0.209. The van der Waals surface area contributed by atoms with E-state index in [4.69, 9.17) is 14.2 Å². The van der Waals surface area contributed by atoms with Crippen molar-refractivity contribution < 1.29 is 14.2 Å². The lowest BCUT2D eigenvalue weighted by Crippen LogP contribution is -2.22. The number of methoxy groups -OCH3 is 2. The van der Waals surface area contributed by atoms with Gasteiger partial charge in [-0.3, -0.25) is 0 Å². The van der Waals surface area contributed by atoms with Gasteiger partial charge in [0.05, 0.1) is 20.3 Å². The van der Waals surface area contributed by atoms with E-state index in [1.807, 2.05) is 6.07 Å². The highest BCUT2D eigenvalue weighted by Gasteiger charge is 2.24. The maximum atomic E-state index is 5.85. The molecule has 3 rings (SSSR count). The third-order valence-corrected chi connectivity index (χ3v) is 6.31. The zero-order chi connectivity index (χ0) is 22.1. The predicted molar refractivity (Wildman–Crippen MR) is 127 cm³/mol. The molecule has 0 unspecified atom stereocenters. The van der Waals surface area contributed by atoms with Crippen LogP contribution >= 0.6 is 0 Å². The predicted octanol–water partition coefficient (Wildman–Crippen LogP) is 6.33. The summed E-state index contributed by atoms with van der Waals surface area (Å²) in [5.41, 5.74) is 2.66. The Labute approximate surface area is 188 Å². The molecule has 0 bridgehead atoms. The van der Waals surface area contributed by atoms with Gasteiger partial charge in [0.25, 0.3) is 0 Å². The van der Waals surface area contributed by atoms with Crippen molar-refractivity contribution in [3.05, 3.63) is 53.6 Å². The molecule has 4 heteroatoms. The van der Waals surface area contributed by atoms with Crippen molar-refractivity contribution in [1.82, 2.24) is 5.32 Å². The molecule has 0 aromatic heterocycles. The Morgan fingerprint density at radius 3 is 2.26 bits per heavy atom. The van der Waals surface area contributed by atoms with Crippen LogP contribution in [0.25, 0.3) is 0 Å². The van der Waals surface area contributed by atoms with Crippen LogP contribution in [0.3, 0.4) is 0 Å². The molecule has 31 heavy (non-hydrogen) atoms. The van der Waals surface area contributed by atoms with Gasteiger partial charge in [-0.15, -0.1) is 0 Å². The summed E-state index contributed by atoms with van der Waals surface area (Å²) >= 11 is 0. The molecule has 1 N–H and O–H groups in total. The van der Waals surface area contributed by atoms with Gasteiger partial charge in [-0.25, -0.2) is 0 Å². The van der Waals surface area contributed by atoms with Gasteiger partial charge >= 0.3 is 0 Å². The van der Waals surface area contributed by atoms with Crippen molar-refractivity contribution in [2.45, 2.75) is 70.9 Å². The Balaban J connectivity index is 1.60. The summed E-state index contributed by atoms with van der Waals surface area (Å²) in [6.07, 6.45) is 8.20. The molecule has 1 fully saturated rings. The molecule has 2 aromatic carbocycles. The third kappa shape index (κ3) is 6.90. The Kier molecular flexibility index (Phi) is 9.08. The van der Waals surface area contributed by atoms with Crippen LogP contribution in [-0.2, 0) is 6.54 Å². The van der Waals surface area contributed by atoms with E-state index in [-0.39, 0.29) is 6.10 Å². The summed E-state index contributed by atoms with van der Waals surface area (Å²) in [6, 6.07) is 15.0. The van der Waals surface area contributed by atoms with E-state index in [1.54, 1.807) is 14.2 Å². The monoisotopic (exact) mass is 425 g/mol. The fourth-order valence-electron chi connectivity index (χ4n) is 4.76. The Morgan fingerprint density at radius 2 is 1.61 bits per heavy atom. The molecular formula is C27H39NO3. The second kappa shape index (κ2) is 12.0. The van der Waals surface area contributed by atoms with Crippen LogP contribution in [-0.4, -0.2) is 26.9 Å². The van der Waals surface area contributed by atoms with Gasteiger partial charge in [-0.05, 0) is 86.9 Å². The Morgan fingerprint density at radius 1 is 0.903 bits per heavy atom. The Bertz CT molecular complexity index is 782. The van der Waals surface area contributed by atoms with Gasteiger partial charge in [0.15, 0.2) is 11.5 Å². The van der Waals surface area contributed by atoms with Crippen molar-refractivity contribution in [3.63, 3.8) is 0 Å². The number of rotatable bonds is 11. The summed E-state index contributed by atoms with van der Waals surface area (Å²) in [6.45, 7) is 5.98. The van der Waals surface area contributed by atoms with E-state index in [0.29, 0.717) is 5.92 Å². The molecule has 170 valence electrons. The standard InChI is InChI=1S/C27H39NO3/c1-20(2)31-24-13-11-23(12-14-24)25(22-8-6-5-7-9-22)16-17-28-19-21-10-15-26(29-3)27(18-21)30-4/h10-15,18,20,22,25,28H,5-9,16-17,19H2,1-4H3/t25-/m1/s1. The lowest BCUT2D eigenvalue weighted by Gasteiger charge is -2.31. The molecule has 0 amide bonds. The topological polar surface area (TPSA) is 39.7 Å². The number of hydrogen-bond acceptors (Lipinski definition) is 4. The van der Waals surface area contributed by atoms with Gasteiger partial charge < -0.3 is 19.5 Å². The first-order valence-corrected chi connectivity index (χ1v) is 11.8. The molecule has 0 spiro atoms. The first kappa shape index (κ1) is 23.5. The van der Waals surface area contributed by atoms with Gasteiger partial charge in [0, 0.05) is 6.54 Å². The maximum Gasteiger partial charge on any atom is 0.161 e. The van der Waals surface area contributed by atoms with E-state index >= 15 is 0 Å². The SMILES string of the molecule is COc1ccc(CNCC[C@@H](c2ccc(OC(C)C)cc2)C2CCCCC2)cc1OC. The normalized spacial score (nSPS) is 15.6. The smallest absolute Gasteiger partial charge is 0.161 e. The van der Waals surface area contributed by atoms with Crippen molar-refractivity contribution in [2.75, 3.05) is 20.8 Å². The fourth-order valence-corrected chi connectivity index (χ4v) is 4.76. The van der Waals surface area contributed by atoms with Crippen LogP contribution < -0.4 is 19.5 Å². The zero-order valence-electron chi connectivity index (χ0n) is 19.7. The van der Waals surface area contributed by atoms with Crippen molar-refractivity contribution >= 4 is 0 Å². The fraction of sp³-hybridized carbons (Fsp3) is 0.556. The highest BCUT2D eigenvalue weighted by Crippen LogP contribution is 2.38. The summed E-state index contributed by atoms with van der Waals surface area (Å²) in [7, 11) is 3.35. The largest absolute Gasteiger partial charge is 0.493 e. The van der Waals surface area contributed by atoms with Crippen LogP contribution in [0.5, 0.6) is 17.2 Å². The first-order valence-electron chi connectivity index (χ1n) is 11.8. The summed E-state index contributed by atoms with van der Waals surface area (Å²) in [5, 5.41) is 3.65. The van der Waals surface area contributed by atoms with Gasteiger partial charge in [-0.2, -0.15) is 0 Å². The summed E-state index contributed by atoms with van der Waals surface area (Å²) in [4.78, 5) is 0. The molecular weight excluding hydrogens is 386 g/mol. The van der Waals surface area contributed by atoms with E-state index in [0.717, 1.165) is 42.7 Å². The quantitative estimate of drug-likeness (QED) is 0.427. The van der Waals surface area contributed by atoms with E-state index in [2.05, 4.69) is 55.6 Å². The molecule has 1 aliphatic carbocycles. The van der Waals surface area contributed by atoms with Crippen LogP contribution in [0.15, 0.2) is 42.5 Å². The lowest BCUT2D eigenvalue weighted by atomic mass is 9.75. The van der Waals surface area contributed by atoms with E-state index in [1.165, 1.54) is 43.2 Å². The molecule has 0 radical (unpaired) electrons. The molecule has 4 nitrogen and oxygen atoms in total. The van der Waals surface area contributed by atoms with Crippen LogP contribution in [0.4, 0.5) is 0 Å². The molecule has 0 saturated heterocycles. The summed E-state index contributed by atoms with van der Waals surface area (Å²) in [5.74, 6) is 3.91. The lowest BCUT2D eigenvalue weighted by molar-refractivity contribution is 0.242. The van der Waals surface area contributed by atoms with Crippen molar-refractivity contribution in [3.8, 4) is 17.2 Å². The van der Waals surface area contributed by atoms with Crippen LogP contribution in [0.2, 0.25) is 0 Å². The average molecular weight is 426 g/mol. The van der Waals surface area contributed by atoms with E-state index < -0.39 is 0 Å². The molecule has 0 aliphatic heterocycles. The minimum Gasteiger partial charge on any atom is -0.493 e. The van der Waals surface area contributed by atoms with Gasteiger partial charge in [-0.1, -0.05) is 37.5 Å². The average Bonchev–Trinajstić information content (AvgIpc) is 2.80. The number of ether oxygens (including phenoxy) is 3. The maximum absolute atomic E-state index is 5.85. The molecule has 0 heterocycles. The van der Waals surface area contributed by atoms with E-state index in [9.17, 15) is 0 Å². The number of benzene rings is 2. The second-order valence-corrected chi connectivity index (χ2v) is 8.90. The molecule has 1 saturated carbocycles. The van der Waals surface area contributed by atoms with Crippen molar-refractivity contribution in [1.29, 1.82) is 0 Å². The third-order valence-electron chi connectivity index (χ3n) is 6.31.